The van der Waals surface area contributed by atoms with Gasteiger partial charge in [0.1, 0.15) is 0 Å². The van der Waals surface area contributed by atoms with Crippen LogP contribution in [0.4, 0.5) is 0 Å². The molecular weight excluding hydrogens is 256 g/mol. The minimum Gasteiger partial charge on any atom is -0.493 e. The second-order valence-corrected chi connectivity index (χ2v) is 5.34. The number of benzene rings is 1. The van der Waals surface area contributed by atoms with Crippen molar-refractivity contribution in [1.29, 1.82) is 0 Å². The Hall–Kier alpha value is -1.26. The van der Waals surface area contributed by atoms with E-state index >= 15 is 0 Å². The standard InChI is InChI=1S/C16H24O4/c1-4-5-13-11-16(17,8-9-20-13)12-6-7-14(18-2)15(10-12)19-3/h6-7,10,13,17H,4-5,8-9,11H2,1-3H3. The third-order valence-electron chi connectivity index (χ3n) is 3.97. The fraction of sp³-hybridized carbons (Fsp3) is 0.625. The van der Waals surface area contributed by atoms with Crippen molar-refractivity contribution in [3.8, 4) is 11.5 Å². The molecule has 0 aliphatic carbocycles. The van der Waals surface area contributed by atoms with Gasteiger partial charge in [-0.2, -0.15) is 0 Å². The normalized spacial score (nSPS) is 26.3. The highest BCUT2D eigenvalue weighted by Gasteiger charge is 2.36. The van der Waals surface area contributed by atoms with Crippen molar-refractivity contribution >= 4 is 0 Å². The van der Waals surface area contributed by atoms with Gasteiger partial charge in [0.25, 0.3) is 0 Å². The van der Waals surface area contributed by atoms with Gasteiger partial charge in [-0.05, 0) is 24.1 Å². The molecule has 0 aromatic heterocycles. The van der Waals surface area contributed by atoms with Crippen LogP contribution in [0.3, 0.4) is 0 Å². The summed E-state index contributed by atoms with van der Waals surface area (Å²) in [7, 11) is 3.22. The van der Waals surface area contributed by atoms with Gasteiger partial charge in [0, 0.05) is 12.8 Å². The zero-order valence-electron chi connectivity index (χ0n) is 12.5. The lowest BCUT2D eigenvalue weighted by molar-refractivity contribution is -0.110. The topological polar surface area (TPSA) is 47.9 Å². The maximum Gasteiger partial charge on any atom is 0.161 e. The second kappa shape index (κ2) is 6.46. The lowest BCUT2D eigenvalue weighted by Gasteiger charge is -2.37. The fourth-order valence-electron chi connectivity index (χ4n) is 2.83. The summed E-state index contributed by atoms with van der Waals surface area (Å²) in [5.41, 5.74) is 0.0389. The van der Waals surface area contributed by atoms with E-state index in [4.69, 9.17) is 14.2 Å². The maximum atomic E-state index is 10.9. The number of ether oxygens (including phenoxy) is 3. The Morgan fingerprint density at radius 3 is 2.70 bits per heavy atom. The Bertz CT molecular complexity index is 444. The summed E-state index contributed by atoms with van der Waals surface area (Å²) in [5, 5.41) is 10.9. The average Bonchev–Trinajstić information content (AvgIpc) is 2.47. The third-order valence-corrected chi connectivity index (χ3v) is 3.97. The molecule has 0 radical (unpaired) electrons. The highest BCUT2D eigenvalue weighted by atomic mass is 16.5. The summed E-state index contributed by atoms with van der Waals surface area (Å²) >= 11 is 0. The van der Waals surface area contributed by atoms with Gasteiger partial charge in [0.15, 0.2) is 11.5 Å². The summed E-state index contributed by atoms with van der Waals surface area (Å²) < 4.78 is 16.3. The second-order valence-electron chi connectivity index (χ2n) is 5.34. The van der Waals surface area contributed by atoms with Crippen molar-refractivity contribution in [2.75, 3.05) is 20.8 Å². The summed E-state index contributed by atoms with van der Waals surface area (Å²) in [4.78, 5) is 0. The van der Waals surface area contributed by atoms with Crippen LogP contribution < -0.4 is 9.47 Å². The molecule has 1 aliphatic rings. The number of hydrogen-bond donors (Lipinski definition) is 1. The monoisotopic (exact) mass is 280 g/mol. The molecule has 1 fully saturated rings. The molecule has 2 atom stereocenters. The Balaban J connectivity index is 2.24. The van der Waals surface area contributed by atoms with Crippen LogP contribution in [0.1, 0.15) is 38.2 Å². The molecule has 1 saturated heterocycles. The van der Waals surface area contributed by atoms with Crippen LogP contribution in [0, 0.1) is 0 Å². The SMILES string of the molecule is CCCC1CC(O)(c2ccc(OC)c(OC)c2)CCO1. The highest BCUT2D eigenvalue weighted by molar-refractivity contribution is 5.44. The number of hydrogen-bond acceptors (Lipinski definition) is 4. The molecule has 1 aromatic rings. The molecule has 2 unspecified atom stereocenters. The van der Waals surface area contributed by atoms with Crippen molar-refractivity contribution < 1.29 is 19.3 Å². The van der Waals surface area contributed by atoms with Crippen molar-refractivity contribution in [2.24, 2.45) is 0 Å². The number of aliphatic hydroxyl groups is 1. The van der Waals surface area contributed by atoms with E-state index in [1.54, 1.807) is 14.2 Å². The minimum absolute atomic E-state index is 0.131. The van der Waals surface area contributed by atoms with E-state index in [2.05, 4.69) is 6.92 Å². The molecule has 1 N–H and O–H groups in total. The van der Waals surface area contributed by atoms with E-state index in [-0.39, 0.29) is 6.10 Å². The first-order valence-corrected chi connectivity index (χ1v) is 7.19. The average molecular weight is 280 g/mol. The molecule has 1 aromatic carbocycles. The van der Waals surface area contributed by atoms with Crippen molar-refractivity contribution in [2.45, 2.75) is 44.3 Å². The van der Waals surface area contributed by atoms with E-state index in [9.17, 15) is 5.11 Å². The van der Waals surface area contributed by atoms with Gasteiger partial charge in [-0.1, -0.05) is 19.4 Å². The first-order chi connectivity index (χ1) is 9.62. The number of rotatable bonds is 5. The molecule has 0 bridgehead atoms. The van der Waals surface area contributed by atoms with Crippen LogP contribution in [0.15, 0.2) is 18.2 Å². The van der Waals surface area contributed by atoms with Gasteiger partial charge >= 0.3 is 0 Å². The Morgan fingerprint density at radius 2 is 2.05 bits per heavy atom. The van der Waals surface area contributed by atoms with E-state index in [0.717, 1.165) is 18.4 Å². The number of methoxy groups -OCH3 is 2. The smallest absolute Gasteiger partial charge is 0.161 e. The van der Waals surface area contributed by atoms with E-state index in [1.807, 2.05) is 18.2 Å². The minimum atomic E-state index is -0.836. The van der Waals surface area contributed by atoms with E-state index < -0.39 is 5.60 Å². The van der Waals surface area contributed by atoms with Gasteiger partial charge in [-0.3, -0.25) is 0 Å². The maximum absolute atomic E-state index is 10.9. The molecule has 2 rings (SSSR count). The first-order valence-electron chi connectivity index (χ1n) is 7.19. The highest BCUT2D eigenvalue weighted by Crippen LogP contribution is 2.39. The Labute approximate surface area is 120 Å². The fourth-order valence-corrected chi connectivity index (χ4v) is 2.83. The van der Waals surface area contributed by atoms with Crippen LogP contribution in [-0.4, -0.2) is 32.0 Å². The molecule has 1 heterocycles. The first kappa shape index (κ1) is 15.1. The molecule has 0 saturated carbocycles. The quantitative estimate of drug-likeness (QED) is 0.901. The molecule has 112 valence electrons. The molecule has 20 heavy (non-hydrogen) atoms. The van der Waals surface area contributed by atoms with Crippen LogP contribution in [0.25, 0.3) is 0 Å². The van der Waals surface area contributed by atoms with E-state index in [0.29, 0.717) is 30.9 Å². The van der Waals surface area contributed by atoms with Crippen molar-refractivity contribution in [3.63, 3.8) is 0 Å². The predicted octanol–water partition coefficient (Wildman–Crippen LogP) is 2.87. The zero-order chi connectivity index (χ0) is 14.6. The summed E-state index contributed by atoms with van der Waals surface area (Å²) in [5.74, 6) is 1.33. The van der Waals surface area contributed by atoms with Crippen LogP contribution in [-0.2, 0) is 10.3 Å². The van der Waals surface area contributed by atoms with Gasteiger partial charge in [0.2, 0.25) is 0 Å². The van der Waals surface area contributed by atoms with Gasteiger partial charge in [-0.15, -0.1) is 0 Å². The molecule has 1 aliphatic heterocycles. The van der Waals surface area contributed by atoms with Crippen LogP contribution in [0.2, 0.25) is 0 Å². The van der Waals surface area contributed by atoms with Crippen molar-refractivity contribution in [1.82, 2.24) is 0 Å². The van der Waals surface area contributed by atoms with Gasteiger partial charge in [0.05, 0.1) is 32.5 Å². The summed E-state index contributed by atoms with van der Waals surface area (Å²) in [6, 6.07) is 5.62. The van der Waals surface area contributed by atoms with Gasteiger partial charge < -0.3 is 19.3 Å². The molecule has 0 spiro atoms. The summed E-state index contributed by atoms with van der Waals surface area (Å²) in [6.07, 6.45) is 3.42. The lowest BCUT2D eigenvalue weighted by atomic mass is 9.82. The van der Waals surface area contributed by atoms with Crippen molar-refractivity contribution in [3.05, 3.63) is 23.8 Å². The Kier molecular flexibility index (Phi) is 4.89. The predicted molar refractivity (Wildman–Crippen MR) is 77.3 cm³/mol. The lowest BCUT2D eigenvalue weighted by Crippen LogP contribution is -2.38. The molecular formula is C16H24O4. The molecule has 0 amide bonds. The zero-order valence-corrected chi connectivity index (χ0v) is 12.5. The third kappa shape index (κ3) is 3.07. The van der Waals surface area contributed by atoms with Crippen LogP contribution >= 0.6 is 0 Å². The largest absolute Gasteiger partial charge is 0.493 e. The van der Waals surface area contributed by atoms with E-state index in [1.165, 1.54) is 0 Å². The summed E-state index contributed by atoms with van der Waals surface area (Å²) in [6.45, 7) is 2.73. The van der Waals surface area contributed by atoms with Crippen LogP contribution in [0.5, 0.6) is 11.5 Å². The molecule has 4 nitrogen and oxygen atoms in total. The van der Waals surface area contributed by atoms with Gasteiger partial charge in [-0.25, -0.2) is 0 Å². The Morgan fingerprint density at radius 1 is 1.30 bits per heavy atom. The molecule has 4 heteroatoms.